The summed E-state index contributed by atoms with van der Waals surface area (Å²) in [6, 6.07) is 8.98. The molecule has 0 radical (unpaired) electrons. The topological polar surface area (TPSA) is 44.8 Å². The van der Waals surface area contributed by atoms with Gasteiger partial charge in [-0.2, -0.15) is 0 Å². The maximum atomic E-state index is 14.3. The summed E-state index contributed by atoms with van der Waals surface area (Å²) in [7, 11) is 0. The van der Waals surface area contributed by atoms with Crippen molar-refractivity contribution < 1.29 is 18.3 Å². The third-order valence-corrected chi connectivity index (χ3v) is 4.69. The summed E-state index contributed by atoms with van der Waals surface area (Å²) in [5.74, 6) is -0.692. The van der Waals surface area contributed by atoms with Crippen LogP contribution in [0.1, 0.15) is 5.56 Å². The molecule has 0 aromatic heterocycles. The fraction of sp³-hybridized carbons (Fsp3) is 0.316. The number of nitrogens with zero attached hydrogens (tertiary/aromatic N) is 2. The van der Waals surface area contributed by atoms with Crippen molar-refractivity contribution in [2.24, 2.45) is 0 Å². The Balaban J connectivity index is 0.00000210. The number of halogens is 3. The van der Waals surface area contributed by atoms with E-state index in [1.165, 1.54) is 23.1 Å². The van der Waals surface area contributed by atoms with Crippen molar-refractivity contribution in [1.82, 2.24) is 5.32 Å². The van der Waals surface area contributed by atoms with E-state index < -0.39 is 11.6 Å². The number of carbonyl (C=O) groups excluding carboxylic acids is 1. The van der Waals surface area contributed by atoms with E-state index in [9.17, 15) is 13.6 Å². The fourth-order valence-corrected chi connectivity index (χ4v) is 3.37. The van der Waals surface area contributed by atoms with Crippen LogP contribution in [-0.2, 0) is 11.3 Å². The lowest BCUT2D eigenvalue weighted by Crippen LogP contribution is -2.44. The van der Waals surface area contributed by atoms with Gasteiger partial charge in [0, 0.05) is 43.9 Å². The van der Waals surface area contributed by atoms with Crippen LogP contribution in [0.3, 0.4) is 0 Å². The van der Waals surface area contributed by atoms with E-state index in [4.69, 9.17) is 4.74 Å². The molecule has 2 aliphatic rings. The lowest BCUT2D eigenvalue weighted by atomic mass is 10.1. The predicted molar refractivity (Wildman–Crippen MR) is 102 cm³/mol. The summed E-state index contributed by atoms with van der Waals surface area (Å²) in [5.41, 5.74) is 1.35. The highest BCUT2D eigenvalue weighted by atomic mass is 35.5. The molecular weight excluding hydrogens is 376 g/mol. The van der Waals surface area contributed by atoms with E-state index >= 15 is 0 Å². The van der Waals surface area contributed by atoms with Gasteiger partial charge in [-0.1, -0.05) is 18.2 Å². The molecule has 1 N–H and O–H groups in total. The van der Waals surface area contributed by atoms with Gasteiger partial charge in [-0.25, -0.2) is 8.78 Å². The molecule has 1 fully saturated rings. The third kappa shape index (κ3) is 3.84. The number of rotatable bonds is 3. The number of ether oxygens (including phenoxy) is 1. The minimum atomic E-state index is -0.450. The number of carbonyl (C=O) groups is 1. The summed E-state index contributed by atoms with van der Waals surface area (Å²) in [6.45, 7) is 2.92. The SMILES string of the molecule is Cl.O=C1COc2c(N3CCNCC3)cc(F)cc2N1Cc1ccccc1F. The first-order valence-electron chi connectivity index (χ1n) is 8.59. The quantitative estimate of drug-likeness (QED) is 0.868. The molecule has 2 heterocycles. The zero-order valence-corrected chi connectivity index (χ0v) is 15.4. The Kier molecular flexibility index (Phi) is 5.82. The number of nitrogens with one attached hydrogen (secondary N) is 1. The molecule has 8 heteroatoms. The van der Waals surface area contributed by atoms with Gasteiger partial charge in [-0.05, 0) is 6.07 Å². The molecule has 0 spiro atoms. The molecule has 2 aromatic carbocycles. The van der Waals surface area contributed by atoms with Crippen molar-refractivity contribution in [2.75, 3.05) is 42.6 Å². The summed E-state index contributed by atoms with van der Waals surface area (Å²) in [5, 5.41) is 3.25. The molecule has 4 rings (SSSR count). The van der Waals surface area contributed by atoms with E-state index in [0.29, 0.717) is 22.7 Å². The second kappa shape index (κ2) is 8.10. The van der Waals surface area contributed by atoms with E-state index in [-0.39, 0.29) is 31.5 Å². The van der Waals surface area contributed by atoms with E-state index in [1.54, 1.807) is 18.2 Å². The third-order valence-electron chi connectivity index (χ3n) is 4.69. The molecular formula is C19H20ClF2N3O2. The van der Waals surface area contributed by atoms with Gasteiger partial charge in [0.2, 0.25) is 0 Å². The summed E-state index contributed by atoms with van der Waals surface area (Å²) >= 11 is 0. The maximum absolute atomic E-state index is 14.3. The first-order valence-corrected chi connectivity index (χ1v) is 8.59. The molecule has 2 aromatic rings. The molecule has 144 valence electrons. The van der Waals surface area contributed by atoms with Gasteiger partial charge < -0.3 is 19.9 Å². The Morgan fingerprint density at radius 3 is 2.52 bits per heavy atom. The zero-order valence-electron chi connectivity index (χ0n) is 14.6. The number of hydrogen-bond acceptors (Lipinski definition) is 4. The number of amides is 1. The van der Waals surface area contributed by atoms with Crippen LogP contribution in [0.25, 0.3) is 0 Å². The number of hydrogen-bond donors (Lipinski definition) is 1. The predicted octanol–water partition coefficient (Wildman–Crippen LogP) is 2.72. The number of fused-ring (bicyclic) bond motifs is 1. The van der Waals surface area contributed by atoms with Crippen molar-refractivity contribution in [3.8, 4) is 5.75 Å². The van der Waals surface area contributed by atoms with Gasteiger partial charge >= 0.3 is 0 Å². The first-order chi connectivity index (χ1) is 12.6. The molecule has 1 amide bonds. The molecule has 5 nitrogen and oxygen atoms in total. The van der Waals surface area contributed by atoms with Crippen LogP contribution in [0.4, 0.5) is 20.2 Å². The van der Waals surface area contributed by atoms with Gasteiger partial charge in [0.15, 0.2) is 12.4 Å². The minimum absolute atomic E-state index is 0. The van der Waals surface area contributed by atoms with Crippen LogP contribution < -0.4 is 19.9 Å². The van der Waals surface area contributed by atoms with Crippen LogP contribution in [0.2, 0.25) is 0 Å². The van der Waals surface area contributed by atoms with E-state index in [2.05, 4.69) is 5.32 Å². The monoisotopic (exact) mass is 395 g/mol. The van der Waals surface area contributed by atoms with Crippen LogP contribution >= 0.6 is 12.4 Å². The molecule has 2 aliphatic heterocycles. The smallest absolute Gasteiger partial charge is 0.265 e. The minimum Gasteiger partial charge on any atom is -0.479 e. The second-order valence-corrected chi connectivity index (χ2v) is 6.37. The lowest BCUT2D eigenvalue weighted by Gasteiger charge is -2.35. The Hall–Kier alpha value is -2.38. The van der Waals surface area contributed by atoms with Gasteiger partial charge in [0.25, 0.3) is 5.91 Å². The van der Waals surface area contributed by atoms with E-state index in [0.717, 1.165) is 26.2 Å². The highest BCUT2D eigenvalue weighted by molar-refractivity contribution is 5.99. The Labute approximate surface area is 162 Å². The van der Waals surface area contributed by atoms with Crippen molar-refractivity contribution in [3.05, 3.63) is 53.6 Å². The van der Waals surface area contributed by atoms with Crippen molar-refractivity contribution in [1.29, 1.82) is 0 Å². The zero-order chi connectivity index (χ0) is 18.1. The second-order valence-electron chi connectivity index (χ2n) is 6.37. The standard InChI is InChI=1S/C19H19F2N3O2.ClH/c20-14-9-16(23-7-5-22-6-8-23)19-17(10-14)24(18(25)12-26-19)11-13-3-1-2-4-15(13)21;/h1-4,9-10,22H,5-8,11-12H2;1H. The van der Waals surface area contributed by atoms with E-state index in [1.807, 2.05) is 4.90 Å². The van der Waals surface area contributed by atoms with Crippen LogP contribution in [-0.4, -0.2) is 38.7 Å². The summed E-state index contributed by atoms with van der Waals surface area (Å²) in [4.78, 5) is 15.8. The van der Waals surface area contributed by atoms with Crippen LogP contribution in [0.15, 0.2) is 36.4 Å². The molecule has 0 aliphatic carbocycles. The Morgan fingerprint density at radius 2 is 1.78 bits per heavy atom. The van der Waals surface area contributed by atoms with Gasteiger partial charge in [0.05, 0.1) is 17.9 Å². The number of piperazine rings is 1. The first kappa shape index (κ1) is 19.4. The molecule has 0 bridgehead atoms. The molecule has 1 saturated heterocycles. The Bertz CT molecular complexity index is 844. The number of anilines is 2. The molecule has 0 unspecified atom stereocenters. The Morgan fingerprint density at radius 1 is 1.07 bits per heavy atom. The molecule has 0 atom stereocenters. The van der Waals surface area contributed by atoms with Crippen molar-refractivity contribution in [3.63, 3.8) is 0 Å². The van der Waals surface area contributed by atoms with Gasteiger partial charge in [0.1, 0.15) is 11.6 Å². The average molecular weight is 396 g/mol. The van der Waals surface area contributed by atoms with Crippen molar-refractivity contribution >= 4 is 29.7 Å². The van der Waals surface area contributed by atoms with Crippen molar-refractivity contribution in [2.45, 2.75) is 6.54 Å². The number of benzene rings is 2. The maximum Gasteiger partial charge on any atom is 0.265 e. The summed E-state index contributed by atoms with van der Waals surface area (Å²) < 4.78 is 34.0. The highest BCUT2D eigenvalue weighted by Crippen LogP contribution is 2.42. The largest absolute Gasteiger partial charge is 0.479 e. The lowest BCUT2D eigenvalue weighted by molar-refractivity contribution is -0.121. The normalized spacial score (nSPS) is 16.4. The average Bonchev–Trinajstić information content (AvgIpc) is 2.66. The fourth-order valence-electron chi connectivity index (χ4n) is 3.37. The van der Waals surface area contributed by atoms with Crippen LogP contribution in [0.5, 0.6) is 5.75 Å². The van der Waals surface area contributed by atoms with Gasteiger partial charge in [-0.3, -0.25) is 4.79 Å². The highest BCUT2D eigenvalue weighted by Gasteiger charge is 2.31. The summed E-state index contributed by atoms with van der Waals surface area (Å²) in [6.07, 6.45) is 0. The molecule has 27 heavy (non-hydrogen) atoms. The molecule has 0 saturated carbocycles. The van der Waals surface area contributed by atoms with Gasteiger partial charge in [-0.15, -0.1) is 12.4 Å². The van der Waals surface area contributed by atoms with Crippen LogP contribution in [0, 0.1) is 11.6 Å².